The van der Waals surface area contributed by atoms with Crippen molar-refractivity contribution in [3.05, 3.63) is 0 Å². The summed E-state index contributed by atoms with van der Waals surface area (Å²) in [5, 5.41) is 2.88. The molecular weight excluding hydrogens is 272 g/mol. The van der Waals surface area contributed by atoms with Gasteiger partial charge in [0.25, 0.3) is 5.91 Å². The fraction of sp³-hybridized carbons (Fsp3) is 0.857. The van der Waals surface area contributed by atoms with Crippen molar-refractivity contribution in [2.75, 3.05) is 20.6 Å². The normalized spacial score (nSPS) is 22.4. The molecule has 1 fully saturated rings. The number of hydroxylamine groups is 2. The summed E-state index contributed by atoms with van der Waals surface area (Å²) >= 11 is 0. The van der Waals surface area contributed by atoms with Crippen molar-refractivity contribution >= 4 is 11.8 Å². The summed E-state index contributed by atoms with van der Waals surface area (Å²) in [6.07, 6.45) is 3.79. The molecule has 0 aliphatic carbocycles. The molecule has 7 nitrogen and oxygen atoms in total. The minimum atomic E-state index is -0.592. The lowest BCUT2D eigenvalue weighted by atomic mass is 9.96. The highest BCUT2D eigenvalue weighted by atomic mass is 16.8. The molecule has 2 amide bonds. The van der Waals surface area contributed by atoms with Gasteiger partial charge in [0, 0.05) is 7.05 Å². The first-order valence-corrected chi connectivity index (χ1v) is 7.64. The number of carbonyl (C=O) groups is 2. The lowest BCUT2D eigenvalue weighted by Crippen LogP contribution is -2.56. The number of hydrogen-bond acceptors (Lipinski definition) is 5. The summed E-state index contributed by atoms with van der Waals surface area (Å²) in [6, 6.07) is -0.741. The summed E-state index contributed by atoms with van der Waals surface area (Å²) < 4.78 is 0. The standard InChI is InChI=1S/C14H28N4O3/c1-5-10(2)12(14(20)17-21-15-3)16-13(19)11-8-6-7-9-18(11)4/h10-12,15H,5-9H2,1-4H3,(H,16,19)(H,17,20). The first-order chi connectivity index (χ1) is 10.0. The Morgan fingerprint density at radius 1 is 1.38 bits per heavy atom. The second-order valence-electron chi connectivity index (χ2n) is 5.64. The Hall–Kier alpha value is -1.18. The summed E-state index contributed by atoms with van der Waals surface area (Å²) in [6.45, 7) is 4.85. The van der Waals surface area contributed by atoms with Crippen molar-refractivity contribution < 1.29 is 14.5 Å². The minimum Gasteiger partial charge on any atom is -0.343 e. The first kappa shape index (κ1) is 17.9. The maximum atomic E-state index is 12.4. The van der Waals surface area contributed by atoms with Gasteiger partial charge in [-0.2, -0.15) is 10.4 Å². The van der Waals surface area contributed by atoms with Crippen LogP contribution in [0.3, 0.4) is 0 Å². The second-order valence-corrected chi connectivity index (χ2v) is 5.64. The van der Waals surface area contributed by atoms with Crippen molar-refractivity contribution in [2.24, 2.45) is 5.92 Å². The number of hydrogen-bond donors (Lipinski definition) is 3. The van der Waals surface area contributed by atoms with Crippen LogP contribution in [0.4, 0.5) is 0 Å². The van der Waals surface area contributed by atoms with E-state index in [4.69, 9.17) is 4.94 Å². The van der Waals surface area contributed by atoms with Crippen LogP contribution in [-0.4, -0.2) is 49.4 Å². The molecule has 1 rings (SSSR count). The zero-order valence-electron chi connectivity index (χ0n) is 13.4. The molecule has 3 N–H and O–H groups in total. The van der Waals surface area contributed by atoms with Crippen molar-refractivity contribution in [1.29, 1.82) is 0 Å². The average molecular weight is 300 g/mol. The molecule has 1 aliphatic rings. The second kappa shape index (κ2) is 8.96. The minimum absolute atomic E-state index is 0.0308. The van der Waals surface area contributed by atoms with Crippen molar-refractivity contribution in [1.82, 2.24) is 21.2 Å². The van der Waals surface area contributed by atoms with Gasteiger partial charge >= 0.3 is 0 Å². The highest BCUT2D eigenvalue weighted by Gasteiger charge is 2.31. The largest absolute Gasteiger partial charge is 0.343 e. The third-order valence-electron chi connectivity index (χ3n) is 4.12. The van der Waals surface area contributed by atoms with Crippen LogP contribution < -0.4 is 16.3 Å². The number of likely N-dealkylation sites (N-methyl/N-ethyl adjacent to an activating group) is 1. The molecule has 0 radical (unpaired) electrons. The van der Waals surface area contributed by atoms with Gasteiger partial charge in [-0.25, -0.2) is 5.48 Å². The Bertz CT molecular complexity index is 351. The van der Waals surface area contributed by atoms with E-state index in [0.717, 1.165) is 32.2 Å². The molecule has 0 aromatic rings. The maximum Gasteiger partial charge on any atom is 0.267 e. The Morgan fingerprint density at radius 3 is 2.67 bits per heavy atom. The van der Waals surface area contributed by atoms with E-state index in [9.17, 15) is 9.59 Å². The fourth-order valence-electron chi connectivity index (χ4n) is 2.52. The lowest BCUT2D eigenvalue weighted by Gasteiger charge is -2.33. The van der Waals surface area contributed by atoms with Gasteiger partial charge in [-0.3, -0.25) is 14.5 Å². The zero-order valence-corrected chi connectivity index (χ0v) is 13.4. The van der Waals surface area contributed by atoms with E-state index in [-0.39, 0.29) is 23.8 Å². The van der Waals surface area contributed by atoms with Crippen LogP contribution in [-0.2, 0) is 14.5 Å². The monoisotopic (exact) mass is 300 g/mol. The summed E-state index contributed by atoms with van der Waals surface area (Å²) in [5.41, 5.74) is 4.67. The molecule has 0 spiro atoms. The van der Waals surface area contributed by atoms with E-state index < -0.39 is 6.04 Å². The Morgan fingerprint density at radius 2 is 2.10 bits per heavy atom. The Balaban J connectivity index is 2.66. The van der Waals surface area contributed by atoms with Crippen LogP contribution in [0.1, 0.15) is 39.5 Å². The SMILES string of the molecule is CCC(C)C(NC(=O)C1CCCCN1C)C(=O)NONC. The highest BCUT2D eigenvalue weighted by molar-refractivity contribution is 5.89. The van der Waals surface area contributed by atoms with E-state index in [1.807, 2.05) is 20.9 Å². The maximum absolute atomic E-state index is 12.4. The molecule has 7 heteroatoms. The summed E-state index contributed by atoms with van der Waals surface area (Å²) in [5.74, 6) is -0.393. The van der Waals surface area contributed by atoms with Crippen molar-refractivity contribution in [3.63, 3.8) is 0 Å². The molecule has 1 heterocycles. The number of piperidine rings is 1. The van der Waals surface area contributed by atoms with Crippen LogP contribution >= 0.6 is 0 Å². The summed E-state index contributed by atoms with van der Waals surface area (Å²) in [7, 11) is 3.50. The van der Waals surface area contributed by atoms with Gasteiger partial charge in [-0.05, 0) is 32.4 Å². The first-order valence-electron chi connectivity index (χ1n) is 7.64. The molecule has 0 saturated carbocycles. The molecule has 122 valence electrons. The van der Waals surface area contributed by atoms with Crippen molar-refractivity contribution in [2.45, 2.75) is 51.6 Å². The highest BCUT2D eigenvalue weighted by Crippen LogP contribution is 2.16. The smallest absolute Gasteiger partial charge is 0.267 e. The van der Waals surface area contributed by atoms with Crippen LogP contribution in [0.2, 0.25) is 0 Å². The van der Waals surface area contributed by atoms with Gasteiger partial charge in [-0.15, -0.1) is 0 Å². The number of rotatable bonds is 7. The lowest BCUT2D eigenvalue weighted by molar-refractivity contribution is -0.145. The zero-order chi connectivity index (χ0) is 15.8. The number of likely N-dealkylation sites (tertiary alicyclic amines) is 1. The molecular formula is C14H28N4O3. The number of carbonyl (C=O) groups excluding carboxylic acids is 2. The molecule has 0 bridgehead atoms. The number of nitrogens with one attached hydrogen (secondary N) is 3. The Labute approximate surface area is 126 Å². The van der Waals surface area contributed by atoms with Gasteiger partial charge in [0.1, 0.15) is 6.04 Å². The van der Waals surface area contributed by atoms with E-state index in [1.54, 1.807) is 7.05 Å². The quantitative estimate of drug-likeness (QED) is 0.584. The average Bonchev–Trinajstić information content (AvgIpc) is 2.49. The van der Waals surface area contributed by atoms with Crippen LogP contribution in [0.25, 0.3) is 0 Å². The molecule has 1 saturated heterocycles. The van der Waals surface area contributed by atoms with E-state index in [1.165, 1.54) is 0 Å². The van der Waals surface area contributed by atoms with E-state index in [0.29, 0.717) is 0 Å². The molecule has 0 aromatic carbocycles. The van der Waals surface area contributed by atoms with Gasteiger partial charge in [0.15, 0.2) is 0 Å². The van der Waals surface area contributed by atoms with Gasteiger partial charge in [-0.1, -0.05) is 26.7 Å². The number of nitrogens with zero attached hydrogens (tertiary/aromatic N) is 1. The predicted octanol–water partition coefficient (Wildman–Crippen LogP) is 0.184. The third kappa shape index (κ3) is 5.26. The Kier molecular flexibility index (Phi) is 7.63. The molecule has 0 aromatic heterocycles. The molecule has 3 atom stereocenters. The van der Waals surface area contributed by atoms with Crippen molar-refractivity contribution in [3.8, 4) is 0 Å². The fourth-order valence-corrected chi connectivity index (χ4v) is 2.52. The number of amides is 2. The van der Waals surface area contributed by atoms with Gasteiger partial charge in [0.2, 0.25) is 5.91 Å². The third-order valence-corrected chi connectivity index (χ3v) is 4.12. The summed E-state index contributed by atoms with van der Waals surface area (Å²) in [4.78, 5) is 31.3. The van der Waals surface area contributed by atoms with Crippen LogP contribution in [0, 0.1) is 5.92 Å². The molecule has 3 unspecified atom stereocenters. The predicted molar refractivity (Wildman–Crippen MR) is 79.9 cm³/mol. The molecule has 21 heavy (non-hydrogen) atoms. The van der Waals surface area contributed by atoms with Gasteiger partial charge < -0.3 is 5.32 Å². The van der Waals surface area contributed by atoms with Gasteiger partial charge in [0.05, 0.1) is 6.04 Å². The van der Waals surface area contributed by atoms with E-state index >= 15 is 0 Å². The van der Waals surface area contributed by atoms with Crippen LogP contribution in [0.15, 0.2) is 0 Å². The van der Waals surface area contributed by atoms with E-state index in [2.05, 4.69) is 21.2 Å². The molecule has 1 aliphatic heterocycles. The topological polar surface area (TPSA) is 82.7 Å². The van der Waals surface area contributed by atoms with Crippen LogP contribution in [0.5, 0.6) is 0 Å².